The van der Waals surface area contributed by atoms with Gasteiger partial charge in [0.15, 0.2) is 5.82 Å². The Bertz CT molecular complexity index is 736. The molecule has 1 aliphatic rings. The van der Waals surface area contributed by atoms with Gasteiger partial charge in [0, 0.05) is 39.3 Å². The molecule has 0 saturated carbocycles. The Morgan fingerprint density at radius 3 is 2.74 bits per heavy atom. The first-order valence-corrected chi connectivity index (χ1v) is 7.86. The van der Waals surface area contributed by atoms with Gasteiger partial charge in [0.05, 0.1) is 0 Å². The molecule has 1 aromatic carbocycles. The van der Waals surface area contributed by atoms with Gasteiger partial charge in [-0.3, -0.25) is 9.36 Å². The van der Waals surface area contributed by atoms with E-state index in [1.807, 2.05) is 31.2 Å². The average Bonchev–Trinajstić information content (AvgIpc) is 2.58. The van der Waals surface area contributed by atoms with Crippen molar-refractivity contribution in [2.45, 2.75) is 13.5 Å². The number of anilines is 1. The number of piperazine rings is 1. The summed E-state index contributed by atoms with van der Waals surface area (Å²) < 4.78 is 7.39. The van der Waals surface area contributed by atoms with Crippen LogP contribution in [0.25, 0.3) is 0 Å². The zero-order valence-electron chi connectivity index (χ0n) is 13.6. The summed E-state index contributed by atoms with van der Waals surface area (Å²) in [5.74, 6) is 2.18. The molecule has 2 aromatic rings. The van der Waals surface area contributed by atoms with E-state index < -0.39 is 0 Å². The van der Waals surface area contributed by atoms with E-state index in [0.29, 0.717) is 5.82 Å². The van der Waals surface area contributed by atoms with Gasteiger partial charge in [0.25, 0.3) is 5.56 Å². The number of nitrogens with one attached hydrogen (secondary N) is 1. The van der Waals surface area contributed by atoms with E-state index in [1.165, 1.54) is 0 Å². The molecule has 0 atom stereocenters. The van der Waals surface area contributed by atoms with Crippen molar-refractivity contribution < 1.29 is 4.74 Å². The summed E-state index contributed by atoms with van der Waals surface area (Å²) in [5, 5.41) is 3.30. The van der Waals surface area contributed by atoms with Gasteiger partial charge in [-0.1, -0.05) is 18.2 Å². The fourth-order valence-corrected chi connectivity index (χ4v) is 2.62. The summed E-state index contributed by atoms with van der Waals surface area (Å²) in [7, 11) is 1.73. The Labute approximate surface area is 135 Å². The lowest BCUT2D eigenvalue weighted by Gasteiger charge is -2.28. The van der Waals surface area contributed by atoms with Gasteiger partial charge in [-0.2, -0.15) is 0 Å². The Hall–Kier alpha value is -2.34. The van der Waals surface area contributed by atoms with E-state index in [1.54, 1.807) is 17.7 Å². The third-order valence-electron chi connectivity index (χ3n) is 4.11. The van der Waals surface area contributed by atoms with Crippen LogP contribution in [0.1, 0.15) is 11.4 Å². The molecule has 0 bridgehead atoms. The molecule has 122 valence electrons. The topological polar surface area (TPSA) is 59.4 Å². The lowest BCUT2D eigenvalue weighted by atomic mass is 10.2. The first kappa shape index (κ1) is 15.6. The van der Waals surface area contributed by atoms with Crippen LogP contribution in [0, 0.1) is 6.92 Å². The number of ether oxygens (including phenoxy) is 1. The number of aromatic nitrogens is 2. The minimum absolute atomic E-state index is 0.0584. The Balaban J connectivity index is 1.82. The predicted molar refractivity (Wildman–Crippen MR) is 90.1 cm³/mol. The van der Waals surface area contributed by atoms with Crippen LogP contribution in [0.5, 0.6) is 5.75 Å². The summed E-state index contributed by atoms with van der Waals surface area (Å²) in [4.78, 5) is 19.0. The van der Waals surface area contributed by atoms with Gasteiger partial charge >= 0.3 is 0 Å². The molecular formula is C17H22N4O2. The van der Waals surface area contributed by atoms with Gasteiger partial charge in [0.1, 0.15) is 18.2 Å². The van der Waals surface area contributed by atoms with Gasteiger partial charge in [-0.25, -0.2) is 4.98 Å². The molecule has 6 nitrogen and oxygen atoms in total. The van der Waals surface area contributed by atoms with E-state index in [-0.39, 0.29) is 12.2 Å². The Kier molecular flexibility index (Phi) is 4.62. The fraction of sp³-hybridized carbons (Fsp3) is 0.412. The summed E-state index contributed by atoms with van der Waals surface area (Å²) in [5.41, 5.74) is 1.01. The standard InChI is InChI=1S/C17H22N4O2/c1-13-5-3-4-6-14(13)23-12-16-19-15(11-17(22)20(16)2)21-9-7-18-8-10-21/h3-6,11,18H,7-10,12H2,1-2H3. The van der Waals surface area contributed by atoms with Gasteiger partial charge in [-0.15, -0.1) is 0 Å². The molecular weight excluding hydrogens is 292 g/mol. The highest BCUT2D eigenvalue weighted by Gasteiger charge is 2.15. The van der Waals surface area contributed by atoms with Gasteiger partial charge in [-0.05, 0) is 18.6 Å². The second-order valence-corrected chi connectivity index (χ2v) is 5.72. The molecule has 1 N–H and O–H groups in total. The number of hydrogen-bond donors (Lipinski definition) is 1. The number of benzene rings is 1. The summed E-state index contributed by atoms with van der Waals surface area (Å²) in [6.07, 6.45) is 0. The predicted octanol–water partition coefficient (Wildman–Crippen LogP) is 1.08. The van der Waals surface area contributed by atoms with Crippen molar-refractivity contribution >= 4 is 5.82 Å². The van der Waals surface area contributed by atoms with Crippen molar-refractivity contribution in [3.63, 3.8) is 0 Å². The van der Waals surface area contributed by atoms with E-state index in [9.17, 15) is 4.79 Å². The fourth-order valence-electron chi connectivity index (χ4n) is 2.62. The van der Waals surface area contributed by atoms with E-state index >= 15 is 0 Å². The molecule has 0 aliphatic carbocycles. The normalized spacial score (nSPS) is 14.8. The lowest BCUT2D eigenvalue weighted by Crippen LogP contribution is -2.44. The van der Waals surface area contributed by atoms with Crippen molar-refractivity contribution in [3.05, 3.63) is 52.1 Å². The Morgan fingerprint density at radius 1 is 1.26 bits per heavy atom. The minimum atomic E-state index is -0.0584. The zero-order valence-corrected chi connectivity index (χ0v) is 13.6. The zero-order chi connectivity index (χ0) is 16.2. The number of para-hydroxylation sites is 1. The SMILES string of the molecule is Cc1ccccc1OCc1nc(N2CCNCC2)cc(=O)n1C. The molecule has 1 fully saturated rings. The number of aryl methyl sites for hydroxylation is 1. The number of hydrogen-bond acceptors (Lipinski definition) is 5. The lowest BCUT2D eigenvalue weighted by molar-refractivity contribution is 0.287. The smallest absolute Gasteiger partial charge is 0.255 e. The molecule has 3 rings (SSSR count). The van der Waals surface area contributed by atoms with Crippen molar-refractivity contribution in [1.82, 2.24) is 14.9 Å². The van der Waals surface area contributed by atoms with Crippen LogP contribution >= 0.6 is 0 Å². The van der Waals surface area contributed by atoms with Crippen LogP contribution < -0.4 is 20.5 Å². The highest BCUT2D eigenvalue weighted by atomic mass is 16.5. The molecule has 6 heteroatoms. The van der Waals surface area contributed by atoms with E-state index in [0.717, 1.165) is 43.3 Å². The van der Waals surface area contributed by atoms with E-state index in [4.69, 9.17) is 4.74 Å². The second-order valence-electron chi connectivity index (χ2n) is 5.72. The monoisotopic (exact) mass is 314 g/mol. The van der Waals surface area contributed by atoms with Gasteiger partial charge in [0.2, 0.25) is 0 Å². The molecule has 0 radical (unpaired) electrons. The van der Waals surface area contributed by atoms with Crippen LogP contribution in [0.2, 0.25) is 0 Å². The maximum absolute atomic E-state index is 12.2. The third kappa shape index (κ3) is 3.53. The molecule has 1 aliphatic heterocycles. The molecule has 23 heavy (non-hydrogen) atoms. The quantitative estimate of drug-likeness (QED) is 0.915. The average molecular weight is 314 g/mol. The van der Waals surface area contributed by atoms with Crippen molar-refractivity contribution in [2.24, 2.45) is 7.05 Å². The molecule has 0 unspecified atom stereocenters. The van der Waals surface area contributed by atoms with Crippen LogP contribution in [0.15, 0.2) is 35.1 Å². The van der Waals surface area contributed by atoms with Crippen molar-refractivity contribution in [2.75, 3.05) is 31.1 Å². The van der Waals surface area contributed by atoms with Crippen molar-refractivity contribution in [3.8, 4) is 5.75 Å². The van der Waals surface area contributed by atoms with E-state index in [2.05, 4.69) is 15.2 Å². The first-order chi connectivity index (χ1) is 11.1. The second kappa shape index (κ2) is 6.83. The molecule has 0 spiro atoms. The number of rotatable bonds is 4. The Morgan fingerprint density at radius 2 is 2.00 bits per heavy atom. The largest absolute Gasteiger partial charge is 0.485 e. The van der Waals surface area contributed by atoms with Gasteiger partial charge < -0.3 is 15.0 Å². The van der Waals surface area contributed by atoms with Crippen LogP contribution in [0.3, 0.4) is 0 Å². The van der Waals surface area contributed by atoms with Crippen LogP contribution in [-0.4, -0.2) is 35.7 Å². The minimum Gasteiger partial charge on any atom is -0.485 e. The van der Waals surface area contributed by atoms with Crippen molar-refractivity contribution in [1.29, 1.82) is 0 Å². The molecule has 1 aromatic heterocycles. The summed E-state index contributed by atoms with van der Waals surface area (Å²) in [6, 6.07) is 9.43. The maximum atomic E-state index is 12.2. The highest BCUT2D eigenvalue weighted by molar-refractivity contribution is 5.38. The summed E-state index contributed by atoms with van der Waals surface area (Å²) in [6.45, 7) is 5.81. The van der Waals surface area contributed by atoms with Crippen LogP contribution in [0.4, 0.5) is 5.82 Å². The maximum Gasteiger partial charge on any atom is 0.255 e. The highest BCUT2D eigenvalue weighted by Crippen LogP contribution is 2.18. The molecule has 1 saturated heterocycles. The number of nitrogens with zero attached hydrogens (tertiary/aromatic N) is 3. The third-order valence-corrected chi connectivity index (χ3v) is 4.11. The summed E-state index contributed by atoms with van der Waals surface area (Å²) >= 11 is 0. The molecule has 0 amide bonds. The first-order valence-electron chi connectivity index (χ1n) is 7.86. The van der Waals surface area contributed by atoms with Crippen LogP contribution in [-0.2, 0) is 13.7 Å². The molecule has 2 heterocycles.